The average molecular weight is 811 g/mol. The van der Waals surface area contributed by atoms with E-state index in [0.717, 1.165) is 5.56 Å². The molecule has 0 saturated heterocycles. The number of anilines is 1. The number of amides is 2. The van der Waals surface area contributed by atoms with Crippen LogP contribution in [0.4, 0.5) is 5.69 Å². The van der Waals surface area contributed by atoms with Crippen molar-refractivity contribution in [2.24, 2.45) is 4.99 Å². The van der Waals surface area contributed by atoms with Gasteiger partial charge in [0.2, 0.25) is 5.91 Å². The summed E-state index contributed by atoms with van der Waals surface area (Å²) >= 11 is 6.18. The molecule has 4 rings (SSSR count). The summed E-state index contributed by atoms with van der Waals surface area (Å²) in [6.45, 7) is 8.01. The van der Waals surface area contributed by atoms with Gasteiger partial charge in [0, 0.05) is 29.2 Å². The fraction of sp³-hybridized carbons (Fsp3) is 0.425. The first-order valence-corrected chi connectivity index (χ1v) is 19.0. The van der Waals surface area contributed by atoms with Gasteiger partial charge in [0.15, 0.2) is 11.5 Å². The van der Waals surface area contributed by atoms with Gasteiger partial charge in [-0.05, 0) is 56.3 Å². The lowest BCUT2D eigenvalue weighted by Gasteiger charge is -2.26. The zero-order valence-electron chi connectivity index (χ0n) is 32.2. The number of aromatic hydroxyl groups is 2. The number of phenolic OH excluding ortho intramolecular Hbond substituents is 2. The molecule has 0 fully saturated rings. The second kappa shape index (κ2) is 23.8. The molecule has 0 spiro atoms. The summed E-state index contributed by atoms with van der Waals surface area (Å²) < 4.78 is 33.6. The Morgan fingerprint density at radius 2 is 1.42 bits per heavy atom. The quantitative estimate of drug-likeness (QED) is 0.0327. The maximum Gasteiger partial charge on any atom is 0.255 e. The number of carbonyl (C=O) groups is 2. The molecule has 1 heterocycles. The molecule has 0 aromatic heterocycles. The fourth-order valence-corrected chi connectivity index (χ4v) is 5.71. The molecule has 16 nitrogen and oxygen atoms in total. The maximum atomic E-state index is 12.6. The van der Waals surface area contributed by atoms with E-state index in [9.17, 15) is 19.8 Å². The zero-order chi connectivity index (χ0) is 41.0. The number of benzene rings is 3. The molecule has 308 valence electrons. The van der Waals surface area contributed by atoms with Gasteiger partial charge in [0.05, 0.1) is 89.5 Å². The molecular formula is C40H51ClN6O10. The molecular weight excluding hydrogens is 760 g/mol. The number of rotatable bonds is 24. The number of para-hydroxylation sites is 1. The van der Waals surface area contributed by atoms with Crippen LogP contribution in [0.1, 0.15) is 41.8 Å². The van der Waals surface area contributed by atoms with Gasteiger partial charge >= 0.3 is 0 Å². The van der Waals surface area contributed by atoms with Gasteiger partial charge in [0.25, 0.3) is 5.91 Å². The first-order chi connectivity index (χ1) is 27.6. The van der Waals surface area contributed by atoms with Crippen LogP contribution in [-0.4, -0.2) is 131 Å². The topological polar surface area (TPSA) is 217 Å². The van der Waals surface area contributed by atoms with E-state index in [1.54, 1.807) is 31.2 Å². The predicted octanol–water partition coefficient (Wildman–Crippen LogP) is 4.17. The summed E-state index contributed by atoms with van der Waals surface area (Å²) in [6, 6.07) is 15.9. The van der Waals surface area contributed by atoms with E-state index in [1.807, 2.05) is 25.1 Å². The van der Waals surface area contributed by atoms with E-state index in [0.29, 0.717) is 93.7 Å². The van der Waals surface area contributed by atoms with Crippen LogP contribution in [0.5, 0.6) is 17.2 Å². The summed E-state index contributed by atoms with van der Waals surface area (Å²) in [7, 11) is 0. The minimum atomic E-state index is -0.828. The first kappa shape index (κ1) is 44.6. The van der Waals surface area contributed by atoms with E-state index in [4.69, 9.17) is 55.8 Å². The Hall–Kier alpha value is -5.10. The highest BCUT2D eigenvalue weighted by atomic mass is 35.5. The molecule has 2 amide bonds. The second-order valence-electron chi connectivity index (χ2n) is 12.5. The van der Waals surface area contributed by atoms with Crippen LogP contribution >= 0.6 is 11.6 Å². The van der Waals surface area contributed by atoms with Crippen LogP contribution in [0.15, 0.2) is 65.7 Å². The number of phenols is 2. The van der Waals surface area contributed by atoms with Gasteiger partial charge in [-0.25, -0.2) is 0 Å². The number of hydrogen-bond donors (Lipinski definition) is 6. The number of amidine groups is 2. The van der Waals surface area contributed by atoms with Crippen molar-refractivity contribution in [3.63, 3.8) is 0 Å². The number of aliphatic imine (C=N–C) groups is 1. The van der Waals surface area contributed by atoms with E-state index in [2.05, 4.69) is 10.6 Å². The van der Waals surface area contributed by atoms with Crippen LogP contribution in [0.2, 0.25) is 5.02 Å². The Kier molecular flexibility index (Phi) is 18.7. The number of ether oxygens (including phenoxy) is 6. The Morgan fingerprint density at radius 3 is 2.02 bits per heavy atom. The molecule has 3 aromatic carbocycles. The van der Waals surface area contributed by atoms with E-state index < -0.39 is 17.7 Å². The lowest BCUT2D eigenvalue weighted by molar-refractivity contribution is -0.121. The van der Waals surface area contributed by atoms with Crippen molar-refractivity contribution in [2.75, 3.05) is 90.7 Å². The molecule has 1 atom stereocenters. The van der Waals surface area contributed by atoms with Crippen molar-refractivity contribution >= 4 is 46.5 Å². The maximum absolute atomic E-state index is 12.6. The summed E-state index contributed by atoms with van der Waals surface area (Å²) in [5, 5.41) is 42.7. The van der Waals surface area contributed by atoms with E-state index in [-0.39, 0.29) is 55.1 Å². The molecule has 0 unspecified atom stereocenters. The number of benzodiazepines with no additional fused rings is 1. The average Bonchev–Trinajstić information content (AvgIpc) is 3.30. The van der Waals surface area contributed by atoms with Gasteiger partial charge < -0.3 is 49.3 Å². The SMILES string of the molecule is CCNC(=O)C[C@@H]1N=C(c2ccc(Cl)cc2)c2cc(OCCOCCOCCOCCOCCOCCNC(=O)c3cccc(O)c3O)ccc2N(C(C)=N)C1=N. The highest BCUT2D eigenvalue weighted by Crippen LogP contribution is 2.33. The Bertz CT molecular complexity index is 1830. The standard InChI is InChI=1S/C40H51ClN6O10/c1-3-44-36(49)26-33-39(43)47(27(2)42)34-12-11-30(25-32(34)37(46-33)28-7-9-29(41)10-8-28)57-24-23-56-22-21-55-20-19-54-18-17-53-16-15-52-14-13-45-40(51)31-5-4-6-35(48)38(31)50/h4-12,25,33,42-43,48,50H,3,13-24,26H2,1-2H3,(H,44,49)(H,45,51)/t33-/m0/s1. The molecule has 57 heavy (non-hydrogen) atoms. The number of nitrogens with zero attached hydrogens (tertiary/aromatic N) is 2. The monoisotopic (exact) mass is 810 g/mol. The number of carbonyl (C=O) groups excluding carboxylic acids is 2. The summed E-state index contributed by atoms with van der Waals surface area (Å²) in [6.07, 6.45) is -0.0444. The first-order valence-electron chi connectivity index (χ1n) is 18.6. The van der Waals surface area contributed by atoms with Gasteiger partial charge in [-0.3, -0.25) is 30.3 Å². The molecule has 1 aliphatic heterocycles. The highest BCUT2D eigenvalue weighted by molar-refractivity contribution is 6.31. The lowest BCUT2D eigenvalue weighted by Crippen LogP contribution is -2.42. The van der Waals surface area contributed by atoms with Crippen molar-refractivity contribution in [2.45, 2.75) is 26.3 Å². The van der Waals surface area contributed by atoms with Crippen LogP contribution in [0.25, 0.3) is 0 Å². The van der Waals surface area contributed by atoms with Gasteiger partial charge in [-0.15, -0.1) is 0 Å². The van der Waals surface area contributed by atoms with Gasteiger partial charge in [-0.1, -0.05) is 29.8 Å². The van der Waals surface area contributed by atoms with Gasteiger partial charge in [-0.2, -0.15) is 0 Å². The van der Waals surface area contributed by atoms with Crippen molar-refractivity contribution in [3.05, 3.63) is 82.4 Å². The summed E-state index contributed by atoms with van der Waals surface area (Å²) in [5.41, 5.74) is 2.51. The Morgan fingerprint density at radius 1 is 0.825 bits per heavy atom. The summed E-state index contributed by atoms with van der Waals surface area (Å²) in [4.78, 5) is 31.1. The highest BCUT2D eigenvalue weighted by Gasteiger charge is 2.32. The van der Waals surface area contributed by atoms with E-state index >= 15 is 0 Å². The minimum absolute atomic E-state index is 0.0103. The third-order valence-electron chi connectivity index (χ3n) is 8.29. The predicted molar refractivity (Wildman–Crippen MR) is 216 cm³/mol. The van der Waals surface area contributed by atoms with E-state index in [1.165, 1.54) is 23.1 Å². The van der Waals surface area contributed by atoms with Crippen molar-refractivity contribution in [1.29, 1.82) is 10.8 Å². The van der Waals surface area contributed by atoms with Crippen molar-refractivity contribution < 1.29 is 48.2 Å². The molecule has 1 aliphatic rings. The fourth-order valence-electron chi connectivity index (χ4n) is 5.59. The zero-order valence-corrected chi connectivity index (χ0v) is 32.9. The van der Waals surface area contributed by atoms with Crippen LogP contribution in [-0.2, 0) is 28.5 Å². The molecule has 0 aliphatic carbocycles. The molecule has 0 radical (unpaired) electrons. The van der Waals surface area contributed by atoms with Crippen molar-refractivity contribution in [1.82, 2.24) is 10.6 Å². The molecule has 17 heteroatoms. The number of halogens is 1. The third kappa shape index (κ3) is 14.1. The van der Waals surface area contributed by atoms with Crippen LogP contribution in [0, 0.1) is 10.8 Å². The second-order valence-corrected chi connectivity index (χ2v) is 12.9. The largest absolute Gasteiger partial charge is 0.504 e. The van der Waals surface area contributed by atoms with Gasteiger partial charge in [0.1, 0.15) is 30.1 Å². The molecule has 0 saturated carbocycles. The smallest absolute Gasteiger partial charge is 0.255 e. The molecule has 0 bridgehead atoms. The van der Waals surface area contributed by atoms with Crippen LogP contribution < -0.4 is 20.3 Å². The Labute approximate surface area is 337 Å². The van der Waals surface area contributed by atoms with Crippen LogP contribution in [0.3, 0.4) is 0 Å². The third-order valence-corrected chi connectivity index (χ3v) is 8.54. The number of hydrogen-bond acceptors (Lipinski definition) is 13. The number of nitrogens with one attached hydrogen (secondary N) is 4. The van der Waals surface area contributed by atoms with Crippen molar-refractivity contribution in [3.8, 4) is 17.2 Å². The Balaban J connectivity index is 1.10. The molecule has 6 N–H and O–H groups in total. The number of fused-ring (bicyclic) bond motifs is 1. The normalized spacial score (nSPS) is 13.7. The molecule has 3 aromatic rings. The minimum Gasteiger partial charge on any atom is -0.504 e. The lowest BCUT2D eigenvalue weighted by atomic mass is 9.99. The summed E-state index contributed by atoms with van der Waals surface area (Å²) in [5.74, 6) is -0.870.